The predicted molar refractivity (Wildman–Crippen MR) is 78.1 cm³/mol. The van der Waals surface area contributed by atoms with Gasteiger partial charge in [-0.15, -0.1) is 0 Å². The molecule has 1 aliphatic heterocycles. The number of methoxy groups -OCH3 is 1. The first kappa shape index (κ1) is 15.3. The Hall–Kier alpha value is -2.61. The molecule has 1 aliphatic rings. The first-order valence-corrected chi connectivity index (χ1v) is 6.96. The summed E-state index contributed by atoms with van der Waals surface area (Å²) in [5, 5.41) is 12.2. The summed E-state index contributed by atoms with van der Waals surface area (Å²) in [5.41, 5.74) is -1.28. The number of fused-ring (bicyclic) bond motifs is 1. The number of amides is 1. The number of benzene rings is 1. The molecule has 2 heterocycles. The van der Waals surface area contributed by atoms with Crippen LogP contribution < -0.4 is 10.1 Å². The molecule has 2 aromatic rings. The second-order valence-electron chi connectivity index (χ2n) is 5.37. The quantitative estimate of drug-likeness (QED) is 0.787. The van der Waals surface area contributed by atoms with Crippen molar-refractivity contribution >= 4 is 22.8 Å². The van der Waals surface area contributed by atoms with E-state index in [1.807, 2.05) is 0 Å². The number of aromatic nitrogens is 1. The second kappa shape index (κ2) is 5.54. The van der Waals surface area contributed by atoms with Gasteiger partial charge in [0.15, 0.2) is 5.54 Å². The lowest BCUT2D eigenvalue weighted by atomic mass is 9.99. The van der Waals surface area contributed by atoms with E-state index in [1.165, 1.54) is 25.3 Å². The number of halogens is 1. The standard InChI is InChI=1S/C15H15FN2O5/c1-22-11-3-2-9(16)12-8(11)6-10(17-12)13(19)18-15(14(20)21)4-5-23-7-15/h2-3,6,17H,4-5,7H2,1H3,(H,18,19)(H,20,21). The topological polar surface area (TPSA) is 101 Å². The van der Waals surface area contributed by atoms with Crippen LogP contribution in [0.1, 0.15) is 16.9 Å². The molecule has 1 saturated heterocycles. The van der Waals surface area contributed by atoms with Crippen LogP contribution in [0.4, 0.5) is 4.39 Å². The number of hydrogen-bond donors (Lipinski definition) is 3. The highest BCUT2D eigenvalue weighted by Crippen LogP contribution is 2.29. The fraction of sp³-hybridized carbons (Fsp3) is 0.333. The van der Waals surface area contributed by atoms with E-state index in [0.717, 1.165) is 0 Å². The van der Waals surface area contributed by atoms with E-state index in [9.17, 15) is 19.1 Å². The first-order chi connectivity index (χ1) is 11.0. The van der Waals surface area contributed by atoms with Gasteiger partial charge in [0, 0.05) is 18.4 Å². The molecule has 0 saturated carbocycles. The van der Waals surface area contributed by atoms with Crippen molar-refractivity contribution in [3.8, 4) is 5.75 Å². The Morgan fingerprint density at radius 1 is 1.48 bits per heavy atom. The third kappa shape index (κ3) is 2.50. The summed E-state index contributed by atoms with van der Waals surface area (Å²) in [6.45, 7) is 0.147. The van der Waals surface area contributed by atoms with E-state index in [2.05, 4.69) is 10.3 Å². The van der Waals surface area contributed by atoms with Gasteiger partial charge in [-0.1, -0.05) is 0 Å². The van der Waals surface area contributed by atoms with E-state index in [4.69, 9.17) is 9.47 Å². The number of carbonyl (C=O) groups excluding carboxylic acids is 1. The summed E-state index contributed by atoms with van der Waals surface area (Å²) in [5.74, 6) is -1.93. The minimum atomic E-state index is -1.46. The number of carbonyl (C=O) groups is 2. The van der Waals surface area contributed by atoms with Crippen molar-refractivity contribution in [1.82, 2.24) is 10.3 Å². The summed E-state index contributed by atoms with van der Waals surface area (Å²) >= 11 is 0. The molecule has 0 spiro atoms. The van der Waals surface area contributed by atoms with Gasteiger partial charge in [0.2, 0.25) is 0 Å². The predicted octanol–water partition coefficient (Wildman–Crippen LogP) is 1.29. The van der Waals surface area contributed by atoms with Crippen molar-refractivity contribution in [1.29, 1.82) is 0 Å². The Labute approximate surface area is 130 Å². The Morgan fingerprint density at radius 3 is 2.87 bits per heavy atom. The second-order valence-corrected chi connectivity index (χ2v) is 5.37. The number of H-pyrrole nitrogens is 1. The maximum absolute atomic E-state index is 13.9. The number of hydrogen-bond acceptors (Lipinski definition) is 4. The zero-order valence-corrected chi connectivity index (χ0v) is 12.3. The minimum Gasteiger partial charge on any atom is -0.496 e. The highest BCUT2D eigenvalue weighted by Gasteiger charge is 2.44. The molecule has 1 unspecified atom stereocenters. The van der Waals surface area contributed by atoms with Crippen molar-refractivity contribution in [2.45, 2.75) is 12.0 Å². The van der Waals surface area contributed by atoms with Gasteiger partial charge < -0.3 is 24.9 Å². The summed E-state index contributed by atoms with van der Waals surface area (Å²) in [6.07, 6.45) is 0.173. The van der Waals surface area contributed by atoms with Crippen molar-refractivity contribution in [2.75, 3.05) is 20.3 Å². The number of rotatable bonds is 4. The van der Waals surface area contributed by atoms with Crippen LogP contribution >= 0.6 is 0 Å². The fourth-order valence-corrected chi connectivity index (χ4v) is 2.63. The maximum Gasteiger partial charge on any atom is 0.331 e. The van der Waals surface area contributed by atoms with Gasteiger partial charge in [-0.25, -0.2) is 9.18 Å². The van der Waals surface area contributed by atoms with Crippen LogP contribution in [0, 0.1) is 5.82 Å². The van der Waals surface area contributed by atoms with Crippen molar-refractivity contribution < 1.29 is 28.6 Å². The van der Waals surface area contributed by atoms with Crippen LogP contribution in [0.15, 0.2) is 18.2 Å². The van der Waals surface area contributed by atoms with E-state index >= 15 is 0 Å². The monoisotopic (exact) mass is 322 g/mol. The minimum absolute atomic E-state index is 0.0518. The molecule has 23 heavy (non-hydrogen) atoms. The molecule has 0 bridgehead atoms. The molecule has 1 fully saturated rings. The number of carboxylic acids is 1. The fourth-order valence-electron chi connectivity index (χ4n) is 2.63. The average molecular weight is 322 g/mol. The molecule has 3 N–H and O–H groups in total. The molecular formula is C15H15FN2O5. The molecule has 7 nitrogen and oxygen atoms in total. The van der Waals surface area contributed by atoms with E-state index in [0.29, 0.717) is 11.1 Å². The number of nitrogens with one attached hydrogen (secondary N) is 2. The van der Waals surface area contributed by atoms with Gasteiger partial charge in [0.05, 0.1) is 19.2 Å². The molecular weight excluding hydrogens is 307 g/mol. The van der Waals surface area contributed by atoms with Crippen molar-refractivity contribution in [3.05, 3.63) is 29.7 Å². The maximum atomic E-state index is 13.9. The highest BCUT2D eigenvalue weighted by molar-refractivity contribution is 6.01. The summed E-state index contributed by atoms with van der Waals surface area (Å²) in [7, 11) is 1.44. The molecule has 0 aliphatic carbocycles. The lowest BCUT2D eigenvalue weighted by Crippen LogP contribution is -2.55. The zero-order chi connectivity index (χ0) is 16.6. The molecule has 3 rings (SSSR count). The lowest BCUT2D eigenvalue weighted by Gasteiger charge is -2.23. The van der Waals surface area contributed by atoms with E-state index in [1.54, 1.807) is 0 Å². The van der Waals surface area contributed by atoms with Crippen LogP contribution in [0.2, 0.25) is 0 Å². The van der Waals surface area contributed by atoms with Crippen molar-refractivity contribution in [2.24, 2.45) is 0 Å². The van der Waals surface area contributed by atoms with Gasteiger partial charge in [0.25, 0.3) is 5.91 Å². The molecule has 122 valence electrons. The number of aliphatic carboxylic acids is 1. The smallest absolute Gasteiger partial charge is 0.331 e. The third-order valence-electron chi connectivity index (χ3n) is 3.95. The van der Waals surface area contributed by atoms with Crippen LogP contribution in [-0.4, -0.2) is 47.8 Å². The molecule has 1 aromatic carbocycles. The summed E-state index contributed by atoms with van der Waals surface area (Å²) in [4.78, 5) is 26.5. The molecule has 0 radical (unpaired) electrons. The van der Waals surface area contributed by atoms with E-state index in [-0.39, 0.29) is 30.8 Å². The van der Waals surface area contributed by atoms with Gasteiger partial charge in [-0.2, -0.15) is 0 Å². The average Bonchev–Trinajstić information content (AvgIpc) is 3.15. The number of aromatic amines is 1. The van der Waals surface area contributed by atoms with Crippen LogP contribution in [0.3, 0.4) is 0 Å². The Kier molecular flexibility index (Phi) is 3.69. The summed E-state index contributed by atoms with van der Waals surface area (Å²) in [6, 6.07) is 4.11. The largest absolute Gasteiger partial charge is 0.496 e. The normalized spacial score (nSPS) is 20.6. The Bertz CT molecular complexity index is 780. The van der Waals surface area contributed by atoms with Crippen LogP contribution in [-0.2, 0) is 9.53 Å². The Balaban J connectivity index is 1.95. The first-order valence-electron chi connectivity index (χ1n) is 6.96. The lowest BCUT2D eigenvalue weighted by molar-refractivity contribution is -0.144. The number of carboxylic acid groups (broad SMARTS) is 1. The van der Waals surface area contributed by atoms with Crippen LogP contribution in [0.5, 0.6) is 5.75 Å². The Morgan fingerprint density at radius 2 is 2.26 bits per heavy atom. The highest BCUT2D eigenvalue weighted by atomic mass is 19.1. The molecule has 1 amide bonds. The molecule has 8 heteroatoms. The number of ether oxygens (including phenoxy) is 2. The van der Waals surface area contributed by atoms with Gasteiger partial charge in [-0.05, 0) is 18.2 Å². The third-order valence-corrected chi connectivity index (χ3v) is 3.95. The molecule has 1 aromatic heterocycles. The van der Waals surface area contributed by atoms with Crippen LogP contribution in [0.25, 0.3) is 10.9 Å². The summed E-state index contributed by atoms with van der Waals surface area (Å²) < 4.78 is 24.1. The molecule has 1 atom stereocenters. The van der Waals surface area contributed by atoms with Crippen molar-refractivity contribution in [3.63, 3.8) is 0 Å². The zero-order valence-electron chi connectivity index (χ0n) is 12.3. The van der Waals surface area contributed by atoms with Gasteiger partial charge in [0.1, 0.15) is 17.3 Å². The van der Waals surface area contributed by atoms with Gasteiger partial charge >= 0.3 is 5.97 Å². The van der Waals surface area contributed by atoms with Gasteiger partial charge in [-0.3, -0.25) is 4.79 Å². The SMILES string of the molecule is COc1ccc(F)c2[nH]c(C(=O)NC3(C(=O)O)CCOC3)cc12. The van der Waals surface area contributed by atoms with E-state index < -0.39 is 23.2 Å².